The Labute approximate surface area is 103 Å². The van der Waals surface area contributed by atoms with E-state index in [9.17, 15) is 5.11 Å². The van der Waals surface area contributed by atoms with Crippen molar-refractivity contribution in [3.8, 4) is 0 Å². The number of hydrogen-bond acceptors (Lipinski definition) is 5. The lowest BCUT2D eigenvalue weighted by Crippen LogP contribution is -2.37. The van der Waals surface area contributed by atoms with Crippen LogP contribution in [0.3, 0.4) is 0 Å². The molecule has 0 radical (unpaired) electrons. The zero-order chi connectivity index (χ0) is 12.5. The second kappa shape index (κ2) is 4.48. The first-order chi connectivity index (χ1) is 8.00. The van der Waals surface area contributed by atoms with E-state index >= 15 is 0 Å². The number of aromatic nitrogens is 3. The molecule has 3 N–H and O–H groups in total. The molecule has 0 bridgehead atoms. The molecule has 2 aromatic rings. The molecule has 0 fully saturated rings. The van der Waals surface area contributed by atoms with E-state index in [1.54, 1.807) is 22.8 Å². The van der Waals surface area contributed by atoms with Crippen LogP contribution in [0.1, 0.15) is 6.92 Å². The summed E-state index contributed by atoms with van der Waals surface area (Å²) in [5, 5.41) is 26.0. The average molecular weight is 257 g/mol. The maximum Gasteiger partial charge on any atom is 0.243 e. The quantitative estimate of drug-likeness (QED) is 0.744. The highest BCUT2D eigenvalue weighted by Gasteiger charge is 2.19. The number of fused-ring (bicyclic) bond motifs is 1. The molecule has 6 nitrogen and oxygen atoms in total. The molecule has 0 aliphatic carbocycles. The van der Waals surface area contributed by atoms with Crippen LogP contribution in [0.4, 0.5) is 5.95 Å². The van der Waals surface area contributed by atoms with E-state index in [1.165, 1.54) is 6.92 Å². The predicted molar refractivity (Wildman–Crippen MR) is 64.2 cm³/mol. The summed E-state index contributed by atoms with van der Waals surface area (Å²) in [6.07, 6.45) is 1.64. The van der Waals surface area contributed by atoms with Crippen molar-refractivity contribution in [1.29, 1.82) is 0 Å². The minimum absolute atomic E-state index is 0.161. The first-order valence-corrected chi connectivity index (χ1v) is 5.47. The van der Waals surface area contributed by atoms with Crippen molar-refractivity contribution in [1.82, 2.24) is 14.6 Å². The predicted octanol–water partition coefficient (Wildman–Crippen LogP) is 0.538. The standard InChI is InChI=1S/C10H13ClN4O2/c1-10(17,6-16)5-12-9-13-8-3-2-7(11)4-15(8)14-9/h2-4,16-17H,5-6H2,1H3,(H,12,14). The van der Waals surface area contributed by atoms with Crippen molar-refractivity contribution < 1.29 is 10.2 Å². The summed E-state index contributed by atoms with van der Waals surface area (Å²) in [5.74, 6) is 0.376. The van der Waals surface area contributed by atoms with Gasteiger partial charge in [0.15, 0.2) is 5.65 Å². The molecular weight excluding hydrogens is 244 g/mol. The molecule has 92 valence electrons. The number of anilines is 1. The second-order valence-electron chi connectivity index (χ2n) is 4.09. The molecule has 0 spiro atoms. The summed E-state index contributed by atoms with van der Waals surface area (Å²) in [5.41, 5.74) is -0.546. The molecule has 0 saturated carbocycles. The number of halogens is 1. The van der Waals surface area contributed by atoms with Crippen LogP contribution in [0, 0.1) is 0 Å². The van der Waals surface area contributed by atoms with Crippen molar-refractivity contribution in [3.05, 3.63) is 23.4 Å². The Hall–Kier alpha value is -1.37. The fourth-order valence-electron chi connectivity index (χ4n) is 1.26. The monoisotopic (exact) mass is 256 g/mol. The lowest BCUT2D eigenvalue weighted by atomic mass is 10.1. The van der Waals surface area contributed by atoms with Gasteiger partial charge in [-0.3, -0.25) is 0 Å². The van der Waals surface area contributed by atoms with Gasteiger partial charge < -0.3 is 15.5 Å². The maximum atomic E-state index is 9.61. The normalized spacial score (nSPS) is 14.8. The number of nitrogens with zero attached hydrogens (tertiary/aromatic N) is 3. The Morgan fingerprint density at radius 1 is 1.53 bits per heavy atom. The zero-order valence-electron chi connectivity index (χ0n) is 9.26. The summed E-state index contributed by atoms with van der Waals surface area (Å²) in [7, 11) is 0. The Kier molecular flexibility index (Phi) is 3.19. The minimum Gasteiger partial charge on any atom is -0.393 e. The molecule has 2 aromatic heterocycles. The number of pyridine rings is 1. The fourth-order valence-corrected chi connectivity index (χ4v) is 1.41. The van der Waals surface area contributed by atoms with Crippen LogP contribution < -0.4 is 5.32 Å². The first kappa shape index (κ1) is 12.1. The van der Waals surface area contributed by atoms with Gasteiger partial charge in [-0.25, -0.2) is 4.52 Å². The van der Waals surface area contributed by atoms with Gasteiger partial charge in [0.25, 0.3) is 0 Å². The third-order valence-electron chi connectivity index (χ3n) is 2.26. The van der Waals surface area contributed by atoms with E-state index in [0.29, 0.717) is 16.6 Å². The smallest absolute Gasteiger partial charge is 0.243 e. The fraction of sp³-hybridized carbons (Fsp3) is 0.400. The highest BCUT2D eigenvalue weighted by molar-refractivity contribution is 6.30. The number of aliphatic hydroxyl groups excluding tert-OH is 1. The molecule has 0 amide bonds. The summed E-state index contributed by atoms with van der Waals surface area (Å²) >= 11 is 5.82. The van der Waals surface area contributed by atoms with E-state index in [-0.39, 0.29) is 13.2 Å². The number of nitrogens with one attached hydrogen (secondary N) is 1. The summed E-state index contributed by atoms with van der Waals surface area (Å²) < 4.78 is 1.54. The van der Waals surface area contributed by atoms with Crippen molar-refractivity contribution >= 4 is 23.2 Å². The maximum absolute atomic E-state index is 9.61. The van der Waals surface area contributed by atoms with Crippen molar-refractivity contribution in [3.63, 3.8) is 0 Å². The van der Waals surface area contributed by atoms with Crippen LogP contribution in [-0.2, 0) is 0 Å². The molecule has 1 atom stereocenters. The number of rotatable bonds is 4. The molecule has 17 heavy (non-hydrogen) atoms. The van der Waals surface area contributed by atoms with Crippen molar-refractivity contribution in [2.24, 2.45) is 0 Å². The van der Waals surface area contributed by atoms with Crippen molar-refractivity contribution in [2.45, 2.75) is 12.5 Å². The minimum atomic E-state index is -1.20. The SMILES string of the molecule is CC(O)(CO)CNc1nc2ccc(Cl)cn2n1. The van der Waals surface area contributed by atoms with Crippen LogP contribution in [0.15, 0.2) is 18.3 Å². The number of hydrogen-bond donors (Lipinski definition) is 3. The Morgan fingerprint density at radius 3 is 3.00 bits per heavy atom. The summed E-state index contributed by atoms with van der Waals surface area (Å²) in [6.45, 7) is 1.35. The third-order valence-corrected chi connectivity index (χ3v) is 2.49. The number of aliphatic hydroxyl groups is 2. The Morgan fingerprint density at radius 2 is 2.29 bits per heavy atom. The molecule has 0 aromatic carbocycles. The summed E-state index contributed by atoms with van der Waals surface area (Å²) in [6, 6.07) is 3.46. The van der Waals surface area contributed by atoms with E-state index in [1.807, 2.05) is 0 Å². The van der Waals surface area contributed by atoms with Gasteiger partial charge in [0.05, 0.1) is 11.6 Å². The highest BCUT2D eigenvalue weighted by Crippen LogP contribution is 2.12. The van der Waals surface area contributed by atoms with Crippen LogP contribution in [0.2, 0.25) is 5.02 Å². The van der Waals surface area contributed by atoms with Gasteiger partial charge in [0.2, 0.25) is 5.95 Å². The van der Waals surface area contributed by atoms with Gasteiger partial charge >= 0.3 is 0 Å². The second-order valence-corrected chi connectivity index (χ2v) is 4.53. The van der Waals surface area contributed by atoms with Gasteiger partial charge in [-0.05, 0) is 19.1 Å². The first-order valence-electron chi connectivity index (χ1n) is 5.09. The molecule has 7 heteroatoms. The zero-order valence-corrected chi connectivity index (χ0v) is 10.0. The molecule has 1 unspecified atom stereocenters. The van der Waals surface area contributed by atoms with Gasteiger partial charge in [-0.15, -0.1) is 5.10 Å². The van der Waals surface area contributed by atoms with E-state index in [4.69, 9.17) is 16.7 Å². The molecule has 0 saturated heterocycles. The van der Waals surface area contributed by atoms with Gasteiger partial charge in [-0.1, -0.05) is 11.6 Å². The highest BCUT2D eigenvalue weighted by atomic mass is 35.5. The van der Waals surface area contributed by atoms with Crippen LogP contribution >= 0.6 is 11.6 Å². The van der Waals surface area contributed by atoms with Crippen LogP contribution in [0.25, 0.3) is 5.65 Å². The van der Waals surface area contributed by atoms with E-state index < -0.39 is 5.60 Å². The molecular formula is C10H13ClN4O2. The summed E-state index contributed by atoms with van der Waals surface area (Å²) in [4.78, 5) is 4.18. The Bertz CT molecular complexity index is 526. The molecule has 0 aliphatic rings. The Balaban J connectivity index is 2.15. The topological polar surface area (TPSA) is 82.7 Å². The van der Waals surface area contributed by atoms with Gasteiger partial charge in [0.1, 0.15) is 5.60 Å². The molecule has 2 rings (SSSR count). The van der Waals surface area contributed by atoms with Gasteiger partial charge in [-0.2, -0.15) is 4.98 Å². The molecule has 0 aliphatic heterocycles. The lowest BCUT2D eigenvalue weighted by Gasteiger charge is -2.19. The average Bonchev–Trinajstić information content (AvgIpc) is 2.68. The third kappa shape index (κ3) is 2.85. The lowest BCUT2D eigenvalue weighted by molar-refractivity contribution is 0.0131. The largest absolute Gasteiger partial charge is 0.393 e. The molecule has 2 heterocycles. The van der Waals surface area contributed by atoms with E-state index in [0.717, 1.165) is 0 Å². The van der Waals surface area contributed by atoms with E-state index in [2.05, 4.69) is 15.4 Å². The van der Waals surface area contributed by atoms with Crippen LogP contribution in [-0.4, -0.2) is 43.6 Å². The van der Waals surface area contributed by atoms with Crippen molar-refractivity contribution in [2.75, 3.05) is 18.5 Å². The van der Waals surface area contributed by atoms with Gasteiger partial charge in [0, 0.05) is 12.7 Å². The van der Waals surface area contributed by atoms with Crippen LogP contribution in [0.5, 0.6) is 0 Å².